The first-order valence-electron chi connectivity index (χ1n) is 6.48. The van der Waals surface area contributed by atoms with E-state index in [4.69, 9.17) is 4.74 Å². The largest absolute Gasteiger partial charge is 0.445 e. The van der Waals surface area contributed by atoms with Gasteiger partial charge < -0.3 is 15.4 Å². The van der Waals surface area contributed by atoms with Gasteiger partial charge in [0.05, 0.1) is 12.4 Å². The zero-order valence-electron chi connectivity index (χ0n) is 11.1. The number of amides is 1. The Hall–Kier alpha value is -2.04. The third-order valence-corrected chi connectivity index (χ3v) is 2.82. The Morgan fingerprint density at radius 2 is 2.26 bits per heavy atom. The van der Waals surface area contributed by atoms with E-state index in [1.54, 1.807) is 0 Å². The summed E-state index contributed by atoms with van der Waals surface area (Å²) in [4.78, 5) is 15.9. The van der Waals surface area contributed by atoms with E-state index in [9.17, 15) is 4.79 Å². The number of benzene rings is 1. The fraction of sp³-hybridized carbons (Fsp3) is 0.429. The lowest BCUT2D eigenvalue weighted by Crippen LogP contribution is -2.36. The molecule has 1 amide bonds. The molecule has 1 aromatic rings. The number of hydrogen-bond acceptors (Lipinski definition) is 4. The maximum Gasteiger partial charge on any atom is 0.407 e. The molecule has 102 valence electrons. The van der Waals surface area contributed by atoms with Crippen molar-refractivity contribution >= 4 is 11.9 Å². The highest BCUT2D eigenvalue weighted by molar-refractivity contribution is 5.84. The van der Waals surface area contributed by atoms with E-state index in [-0.39, 0.29) is 6.04 Å². The molecule has 0 radical (unpaired) electrons. The Bertz CT molecular complexity index is 445. The molecular formula is C14H19N3O2. The molecule has 0 saturated heterocycles. The molecule has 0 aromatic heterocycles. The van der Waals surface area contributed by atoms with Crippen LogP contribution in [0, 0.1) is 0 Å². The van der Waals surface area contributed by atoms with Crippen LogP contribution in [0.15, 0.2) is 35.3 Å². The Balaban J connectivity index is 1.69. The van der Waals surface area contributed by atoms with E-state index >= 15 is 0 Å². The van der Waals surface area contributed by atoms with Crippen LogP contribution in [0.25, 0.3) is 0 Å². The molecule has 1 heterocycles. The van der Waals surface area contributed by atoms with Crippen molar-refractivity contribution in [2.45, 2.75) is 26.0 Å². The van der Waals surface area contributed by atoms with Crippen molar-refractivity contribution in [2.24, 2.45) is 4.99 Å². The summed E-state index contributed by atoms with van der Waals surface area (Å²) in [7, 11) is 0. The van der Waals surface area contributed by atoms with E-state index in [0.29, 0.717) is 13.0 Å². The van der Waals surface area contributed by atoms with E-state index in [1.807, 2.05) is 37.3 Å². The number of carbonyl (C=O) groups is 1. The molecule has 1 atom stereocenters. The normalized spacial score (nSPS) is 15.3. The van der Waals surface area contributed by atoms with Gasteiger partial charge in [-0.25, -0.2) is 4.79 Å². The summed E-state index contributed by atoms with van der Waals surface area (Å²) < 4.78 is 5.15. The van der Waals surface area contributed by atoms with Crippen LogP contribution in [0.2, 0.25) is 0 Å². The van der Waals surface area contributed by atoms with Gasteiger partial charge in [-0.1, -0.05) is 30.3 Å². The van der Waals surface area contributed by atoms with Crippen molar-refractivity contribution in [3.8, 4) is 0 Å². The second-order valence-electron chi connectivity index (χ2n) is 4.57. The van der Waals surface area contributed by atoms with Gasteiger partial charge in [0.1, 0.15) is 6.61 Å². The molecule has 0 bridgehead atoms. The molecule has 5 heteroatoms. The lowest BCUT2D eigenvalue weighted by Gasteiger charge is -2.14. The number of carbonyl (C=O) groups excluding carboxylic acids is 1. The molecule has 0 spiro atoms. The summed E-state index contributed by atoms with van der Waals surface area (Å²) in [6, 6.07) is 9.63. The van der Waals surface area contributed by atoms with Crippen molar-refractivity contribution in [2.75, 3.05) is 13.1 Å². The van der Waals surface area contributed by atoms with Crippen LogP contribution in [0.1, 0.15) is 18.9 Å². The van der Waals surface area contributed by atoms with Crippen LogP contribution in [0.3, 0.4) is 0 Å². The summed E-state index contributed by atoms with van der Waals surface area (Å²) in [5, 5.41) is 5.97. The van der Waals surface area contributed by atoms with Crippen molar-refractivity contribution < 1.29 is 9.53 Å². The lowest BCUT2D eigenvalue weighted by atomic mass is 10.2. The van der Waals surface area contributed by atoms with E-state index in [0.717, 1.165) is 24.5 Å². The Morgan fingerprint density at radius 3 is 2.95 bits per heavy atom. The van der Waals surface area contributed by atoms with Crippen LogP contribution >= 0.6 is 0 Å². The number of amidine groups is 1. The molecule has 1 unspecified atom stereocenters. The van der Waals surface area contributed by atoms with Crippen molar-refractivity contribution in [1.82, 2.24) is 10.6 Å². The second kappa shape index (κ2) is 6.78. The van der Waals surface area contributed by atoms with E-state index in [2.05, 4.69) is 15.6 Å². The first kappa shape index (κ1) is 13.4. The minimum atomic E-state index is -0.394. The Labute approximate surface area is 113 Å². The third-order valence-electron chi connectivity index (χ3n) is 2.82. The molecule has 0 aliphatic carbocycles. The number of ether oxygens (including phenoxy) is 1. The standard InChI is InChI=1S/C14H19N3O2/c1-11(9-13-15-7-8-16-13)17-14(18)19-10-12-5-3-2-4-6-12/h2-6,11H,7-10H2,1H3,(H,15,16)(H,17,18). The zero-order valence-corrected chi connectivity index (χ0v) is 11.1. The highest BCUT2D eigenvalue weighted by Gasteiger charge is 2.13. The lowest BCUT2D eigenvalue weighted by molar-refractivity contribution is 0.136. The fourth-order valence-corrected chi connectivity index (χ4v) is 1.89. The van der Waals surface area contributed by atoms with Crippen LogP contribution in [-0.4, -0.2) is 31.1 Å². The van der Waals surface area contributed by atoms with Crippen LogP contribution in [0.4, 0.5) is 4.79 Å². The number of aliphatic imine (C=N–C) groups is 1. The predicted octanol–water partition coefficient (Wildman–Crippen LogP) is 1.69. The van der Waals surface area contributed by atoms with Gasteiger partial charge in [0.2, 0.25) is 0 Å². The van der Waals surface area contributed by atoms with Gasteiger partial charge in [-0.2, -0.15) is 0 Å². The molecule has 1 aromatic carbocycles. The molecule has 1 aliphatic rings. The van der Waals surface area contributed by atoms with Gasteiger partial charge >= 0.3 is 6.09 Å². The quantitative estimate of drug-likeness (QED) is 0.848. The second-order valence-corrected chi connectivity index (χ2v) is 4.57. The average molecular weight is 261 g/mol. The van der Waals surface area contributed by atoms with Gasteiger partial charge in [0.15, 0.2) is 0 Å². The number of alkyl carbamates (subject to hydrolysis) is 1. The van der Waals surface area contributed by atoms with Crippen molar-refractivity contribution in [3.63, 3.8) is 0 Å². The maximum absolute atomic E-state index is 11.6. The minimum Gasteiger partial charge on any atom is -0.445 e. The van der Waals surface area contributed by atoms with Crippen LogP contribution in [-0.2, 0) is 11.3 Å². The van der Waals surface area contributed by atoms with E-state index < -0.39 is 6.09 Å². The summed E-state index contributed by atoms with van der Waals surface area (Å²) in [5.74, 6) is 0.954. The summed E-state index contributed by atoms with van der Waals surface area (Å²) in [6.45, 7) is 3.94. The molecule has 1 aliphatic heterocycles. The maximum atomic E-state index is 11.6. The molecule has 0 saturated carbocycles. The van der Waals surface area contributed by atoms with Crippen LogP contribution in [0.5, 0.6) is 0 Å². The highest BCUT2D eigenvalue weighted by Crippen LogP contribution is 2.02. The fourth-order valence-electron chi connectivity index (χ4n) is 1.89. The van der Waals surface area contributed by atoms with E-state index in [1.165, 1.54) is 0 Å². The number of hydrogen-bond donors (Lipinski definition) is 2. The first-order chi connectivity index (χ1) is 9.24. The van der Waals surface area contributed by atoms with Crippen molar-refractivity contribution in [1.29, 1.82) is 0 Å². The number of rotatable bonds is 5. The summed E-state index contributed by atoms with van der Waals surface area (Å²) >= 11 is 0. The minimum absolute atomic E-state index is 0.00706. The molecular weight excluding hydrogens is 242 g/mol. The van der Waals surface area contributed by atoms with Crippen molar-refractivity contribution in [3.05, 3.63) is 35.9 Å². The first-order valence-corrected chi connectivity index (χ1v) is 6.48. The SMILES string of the molecule is CC(CC1=NCCN1)NC(=O)OCc1ccccc1. The van der Waals surface area contributed by atoms with Gasteiger partial charge in [-0.15, -0.1) is 0 Å². The molecule has 2 N–H and O–H groups in total. The third kappa shape index (κ3) is 4.62. The average Bonchev–Trinajstić information content (AvgIpc) is 2.90. The number of nitrogens with zero attached hydrogens (tertiary/aromatic N) is 1. The molecule has 5 nitrogen and oxygen atoms in total. The molecule has 2 rings (SSSR count). The van der Waals surface area contributed by atoms with Crippen LogP contribution < -0.4 is 10.6 Å². The topological polar surface area (TPSA) is 62.7 Å². The summed E-state index contributed by atoms with van der Waals surface area (Å²) in [5.41, 5.74) is 0.979. The highest BCUT2D eigenvalue weighted by atomic mass is 16.5. The summed E-state index contributed by atoms with van der Waals surface area (Å²) in [6.07, 6.45) is 0.315. The van der Waals surface area contributed by atoms with Gasteiger partial charge in [0.25, 0.3) is 0 Å². The monoisotopic (exact) mass is 261 g/mol. The predicted molar refractivity (Wildman–Crippen MR) is 74.1 cm³/mol. The van der Waals surface area contributed by atoms with Gasteiger partial charge in [-0.3, -0.25) is 4.99 Å². The zero-order chi connectivity index (χ0) is 13.5. The molecule has 19 heavy (non-hydrogen) atoms. The number of nitrogens with one attached hydrogen (secondary N) is 2. The van der Waals surface area contributed by atoms with Gasteiger partial charge in [-0.05, 0) is 12.5 Å². The Kier molecular flexibility index (Phi) is 4.78. The van der Waals surface area contributed by atoms with Gasteiger partial charge in [0, 0.05) is 19.0 Å². The smallest absolute Gasteiger partial charge is 0.407 e. The Morgan fingerprint density at radius 1 is 1.47 bits per heavy atom. The molecule has 0 fully saturated rings.